The van der Waals surface area contributed by atoms with E-state index in [1.807, 2.05) is 12.1 Å². The van der Waals surface area contributed by atoms with Gasteiger partial charge in [-0.25, -0.2) is 0 Å². The molecule has 3 aromatic rings. The van der Waals surface area contributed by atoms with Crippen molar-refractivity contribution in [2.75, 3.05) is 26.3 Å². The standard InChI is InChI=1S/C16H16N4O2S/c1-2-12(10-20-4-6-21-7-5-20)8-13(3-1)15-18-16(22-19-15)14-9-17-11-23-14/h1-3,8-9,11H,4-7,10H2. The number of morpholine rings is 1. The molecule has 1 aliphatic rings. The maximum absolute atomic E-state index is 5.39. The number of ether oxygens (including phenoxy) is 1. The highest BCUT2D eigenvalue weighted by atomic mass is 32.1. The van der Waals surface area contributed by atoms with E-state index >= 15 is 0 Å². The van der Waals surface area contributed by atoms with Crippen LogP contribution >= 0.6 is 11.3 Å². The minimum absolute atomic E-state index is 0.515. The van der Waals surface area contributed by atoms with E-state index in [0.717, 1.165) is 43.3 Å². The second-order valence-corrected chi connectivity index (χ2v) is 6.26. The predicted molar refractivity (Wildman–Crippen MR) is 86.9 cm³/mol. The molecule has 1 aliphatic heterocycles. The molecule has 6 nitrogen and oxygen atoms in total. The van der Waals surface area contributed by atoms with Crippen LogP contribution in [0.2, 0.25) is 0 Å². The van der Waals surface area contributed by atoms with Crippen LogP contribution in [0.1, 0.15) is 5.56 Å². The first-order chi connectivity index (χ1) is 11.4. The summed E-state index contributed by atoms with van der Waals surface area (Å²) in [4.78, 5) is 11.8. The van der Waals surface area contributed by atoms with Gasteiger partial charge in [0.05, 0.1) is 24.9 Å². The zero-order chi connectivity index (χ0) is 15.5. The van der Waals surface area contributed by atoms with E-state index in [0.29, 0.717) is 11.7 Å². The van der Waals surface area contributed by atoms with E-state index in [4.69, 9.17) is 9.26 Å². The van der Waals surface area contributed by atoms with Gasteiger partial charge in [0, 0.05) is 25.2 Å². The molecule has 118 valence electrons. The first-order valence-electron chi connectivity index (χ1n) is 7.50. The zero-order valence-electron chi connectivity index (χ0n) is 12.5. The summed E-state index contributed by atoms with van der Waals surface area (Å²) in [5.41, 5.74) is 3.96. The van der Waals surface area contributed by atoms with Gasteiger partial charge in [0.25, 0.3) is 5.89 Å². The molecule has 23 heavy (non-hydrogen) atoms. The van der Waals surface area contributed by atoms with Crippen molar-refractivity contribution in [3.63, 3.8) is 0 Å². The van der Waals surface area contributed by atoms with Gasteiger partial charge in [-0.05, 0) is 11.6 Å². The fourth-order valence-electron chi connectivity index (χ4n) is 2.59. The van der Waals surface area contributed by atoms with E-state index in [2.05, 4.69) is 32.2 Å². The molecule has 0 amide bonds. The van der Waals surface area contributed by atoms with E-state index in [1.54, 1.807) is 11.7 Å². The van der Waals surface area contributed by atoms with Crippen LogP contribution in [0.4, 0.5) is 0 Å². The molecule has 0 aliphatic carbocycles. The van der Waals surface area contributed by atoms with Crippen molar-refractivity contribution in [3.8, 4) is 22.2 Å². The molecule has 0 bridgehead atoms. The van der Waals surface area contributed by atoms with Crippen molar-refractivity contribution in [2.45, 2.75) is 6.54 Å². The Labute approximate surface area is 137 Å². The Morgan fingerprint density at radius 1 is 1.22 bits per heavy atom. The van der Waals surface area contributed by atoms with Crippen LogP contribution in [0.15, 0.2) is 40.5 Å². The number of nitrogens with zero attached hydrogens (tertiary/aromatic N) is 4. The summed E-state index contributed by atoms with van der Waals surface area (Å²) in [6.07, 6.45) is 1.73. The Bertz CT molecular complexity index is 766. The molecule has 0 atom stereocenters. The summed E-state index contributed by atoms with van der Waals surface area (Å²) in [5.74, 6) is 1.12. The Balaban J connectivity index is 1.54. The van der Waals surface area contributed by atoms with Crippen LogP contribution in [0.3, 0.4) is 0 Å². The largest absolute Gasteiger partial charge is 0.379 e. The normalized spacial score (nSPS) is 15.8. The number of hydrogen-bond acceptors (Lipinski definition) is 7. The summed E-state index contributed by atoms with van der Waals surface area (Å²) in [5, 5.41) is 4.09. The SMILES string of the molecule is c1cc(CN2CCOCC2)cc(-c2noc(-c3cncs3)n2)c1. The van der Waals surface area contributed by atoms with Gasteiger partial charge in [0.15, 0.2) is 0 Å². The third kappa shape index (κ3) is 3.31. The van der Waals surface area contributed by atoms with Gasteiger partial charge in [0.1, 0.15) is 4.88 Å². The third-order valence-electron chi connectivity index (χ3n) is 3.76. The molecule has 0 radical (unpaired) electrons. The highest BCUT2D eigenvalue weighted by Gasteiger charge is 2.14. The first-order valence-corrected chi connectivity index (χ1v) is 8.38. The van der Waals surface area contributed by atoms with Crippen LogP contribution in [0, 0.1) is 0 Å². The van der Waals surface area contributed by atoms with Gasteiger partial charge in [-0.2, -0.15) is 4.98 Å². The molecule has 0 saturated carbocycles. The summed E-state index contributed by atoms with van der Waals surface area (Å²) in [7, 11) is 0. The summed E-state index contributed by atoms with van der Waals surface area (Å²) >= 11 is 1.49. The van der Waals surface area contributed by atoms with Crippen LogP contribution in [0.5, 0.6) is 0 Å². The predicted octanol–water partition coefficient (Wildman–Crippen LogP) is 2.69. The van der Waals surface area contributed by atoms with Crippen molar-refractivity contribution in [1.82, 2.24) is 20.0 Å². The first kappa shape index (κ1) is 14.5. The monoisotopic (exact) mass is 328 g/mol. The van der Waals surface area contributed by atoms with E-state index in [-0.39, 0.29) is 0 Å². The second-order valence-electron chi connectivity index (χ2n) is 5.38. The van der Waals surface area contributed by atoms with E-state index in [9.17, 15) is 0 Å². The molecule has 0 N–H and O–H groups in total. The lowest BCUT2D eigenvalue weighted by molar-refractivity contribution is 0.0342. The smallest absolute Gasteiger partial charge is 0.269 e. The highest BCUT2D eigenvalue weighted by molar-refractivity contribution is 7.13. The molecule has 2 aromatic heterocycles. The maximum Gasteiger partial charge on any atom is 0.269 e. The minimum Gasteiger partial charge on any atom is -0.379 e. The number of rotatable bonds is 4. The molecule has 1 fully saturated rings. The number of thiazole rings is 1. The maximum atomic E-state index is 5.39. The molecule has 4 rings (SSSR count). The molecule has 3 heterocycles. The van der Waals surface area contributed by atoms with Crippen molar-refractivity contribution < 1.29 is 9.26 Å². The molecular weight excluding hydrogens is 312 g/mol. The van der Waals surface area contributed by atoms with Gasteiger partial charge < -0.3 is 9.26 Å². The van der Waals surface area contributed by atoms with E-state index < -0.39 is 0 Å². The Kier molecular flexibility index (Phi) is 4.14. The van der Waals surface area contributed by atoms with Crippen molar-refractivity contribution in [1.29, 1.82) is 0 Å². The van der Waals surface area contributed by atoms with Crippen molar-refractivity contribution >= 4 is 11.3 Å². The fraction of sp³-hybridized carbons (Fsp3) is 0.312. The van der Waals surface area contributed by atoms with Crippen molar-refractivity contribution in [2.24, 2.45) is 0 Å². The summed E-state index contributed by atoms with van der Waals surface area (Å²) < 4.78 is 10.7. The zero-order valence-corrected chi connectivity index (χ0v) is 13.3. The molecule has 7 heteroatoms. The third-order valence-corrected chi connectivity index (χ3v) is 4.53. The van der Waals surface area contributed by atoms with Gasteiger partial charge in [-0.15, -0.1) is 11.3 Å². The van der Waals surface area contributed by atoms with Crippen LogP contribution in [0.25, 0.3) is 22.2 Å². The second kappa shape index (κ2) is 6.57. The molecule has 0 spiro atoms. The Hall–Kier alpha value is -2.09. The number of hydrogen-bond donors (Lipinski definition) is 0. The van der Waals surface area contributed by atoms with Crippen LogP contribution in [-0.2, 0) is 11.3 Å². The minimum atomic E-state index is 0.515. The molecule has 1 saturated heterocycles. The molecule has 1 aromatic carbocycles. The van der Waals surface area contributed by atoms with Gasteiger partial charge in [-0.3, -0.25) is 9.88 Å². The topological polar surface area (TPSA) is 64.3 Å². The Morgan fingerprint density at radius 2 is 2.13 bits per heavy atom. The fourth-order valence-corrected chi connectivity index (χ4v) is 3.13. The summed E-state index contributed by atoms with van der Waals surface area (Å²) in [6.45, 7) is 4.48. The van der Waals surface area contributed by atoms with Crippen LogP contribution < -0.4 is 0 Å². The molecular formula is C16H16N4O2S. The number of benzene rings is 1. The van der Waals surface area contributed by atoms with Crippen LogP contribution in [-0.4, -0.2) is 46.3 Å². The van der Waals surface area contributed by atoms with E-state index in [1.165, 1.54) is 16.9 Å². The lowest BCUT2D eigenvalue weighted by Gasteiger charge is -2.26. The van der Waals surface area contributed by atoms with Gasteiger partial charge in [0.2, 0.25) is 5.82 Å². The summed E-state index contributed by atoms with van der Waals surface area (Å²) in [6, 6.07) is 8.29. The lowest BCUT2D eigenvalue weighted by atomic mass is 10.1. The average Bonchev–Trinajstić information content (AvgIpc) is 3.28. The number of aromatic nitrogens is 3. The molecule has 0 unspecified atom stereocenters. The average molecular weight is 328 g/mol. The highest BCUT2D eigenvalue weighted by Crippen LogP contribution is 2.25. The van der Waals surface area contributed by atoms with Gasteiger partial charge in [-0.1, -0.05) is 23.4 Å². The lowest BCUT2D eigenvalue weighted by Crippen LogP contribution is -2.35. The van der Waals surface area contributed by atoms with Crippen molar-refractivity contribution in [3.05, 3.63) is 41.5 Å². The Morgan fingerprint density at radius 3 is 2.96 bits per heavy atom. The van der Waals surface area contributed by atoms with Gasteiger partial charge >= 0.3 is 0 Å². The quantitative estimate of drug-likeness (QED) is 0.734.